The summed E-state index contributed by atoms with van der Waals surface area (Å²) in [5.41, 5.74) is 2.87. The van der Waals surface area contributed by atoms with Gasteiger partial charge in [0.15, 0.2) is 0 Å². The van der Waals surface area contributed by atoms with Crippen LogP contribution in [0.25, 0.3) is 11.4 Å². The fourth-order valence-corrected chi connectivity index (χ4v) is 6.16. The zero-order chi connectivity index (χ0) is 22.3. The minimum absolute atomic E-state index is 0.0724. The topological polar surface area (TPSA) is 96.6 Å². The van der Waals surface area contributed by atoms with Gasteiger partial charge in [0.05, 0.1) is 10.6 Å². The minimum atomic E-state index is -3.79. The van der Waals surface area contributed by atoms with Crippen molar-refractivity contribution in [2.75, 3.05) is 23.9 Å². The second-order valence-electron chi connectivity index (χ2n) is 8.21. The van der Waals surface area contributed by atoms with Gasteiger partial charge in [-0.05, 0) is 55.9 Å². The molecule has 0 atom stereocenters. The van der Waals surface area contributed by atoms with Gasteiger partial charge in [0.25, 0.3) is 10.0 Å². The molecule has 0 N–H and O–H groups in total. The van der Waals surface area contributed by atoms with E-state index in [0.29, 0.717) is 30.8 Å². The number of aryl methyl sites for hydroxylation is 2. The molecular formula is C23H24N4O4S. The first-order chi connectivity index (χ1) is 15.4. The van der Waals surface area contributed by atoms with E-state index in [9.17, 15) is 13.2 Å². The Hall–Kier alpha value is -3.20. The molecule has 3 heterocycles. The highest BCUT2D eigenvalue weighted by Crippen LogP contribution is 2.34. The predicted molar refractivity (Wildman–Crippen MR) is 119 cm³/mol. The number of benzene rings is 2. The summed E-state index contributed by atoms with van der Waals surface area (Å²) in [6.07, 6.45) is 3.55. The monoisotopic (exact) mass is 452 g/mol. The van der Waals surface area contributed by atoms with E-state index >= 15 is 0 Å². The van der Waals surface area contributed by atoms with Gasteiger partial charge in [0, 0.05) is 25.2 Å². The first-order valence-corrected chi connectivity index (χ1v) is 12.2. The lowest BCUT2D eigenvalue weighted by Crippen LogP contribution is -2.35. The lowest BCUT2D eigenvalue weighted by atomic mass is 10.0. The van der Waals surface area contributed by atoms with Gasteiger partial charge in [0.1, 0.15) is 0 Å². The van der Waals surface area contributed by atoms with Crippen LogP contribution in [-0.2, 0) is 16.4 Å². The van der Waals surface area contributed by atoms with Crippen molar-refractivity contribution in [1.82, 2.24) is 15.0 Å². The number of carbonyl (C=O) groups excluding carboxylic acids is 1. The SMILES string of the molecule is Cc1ccc(-c2noc(C(=O)N3CCCC3)n2)cc1S(=O)(=O)N1CCCc2ccccc21. The summed E-state index contributed by atoms with van der Waals surface area (Å²) in [4.78, 5) is 18.7. The molecule has 2 aliphatic rings. The molecule has 9 heteroatoms. The molecule has 0 saturated carbocycles. The molecule has 32 heavy (non-hydrogen) atoms. The van der Waals surface area contributed by atoms with Crippen LogP contribution in [-0.4, -0.2) is 49.0 Å². The summed E-state index contributed by atoms with van der Waals surface area (Å²) in [5.74, 6) is -0.161. The molecule has 0 unspecified atom stereocenters. The minimum Gasteiger partial charge on any atom is -0.334 e. The van der Waals surface area contributed by atoms with Gasteiger partial charge in [0.2, 0.25) is 5.82 Å². The molecule has 2 aromatic carbocycles. The molecule has 0 aliphatic carbocycles. The Morgan fingerprint density at radius 1 is 1.03 bits per heavy atom. The van der Waals surface area contributed by atoms with Crippen LogP contribution in [0.5, 0.6) is 0 Å². The van der Waals surface area contributed by atoms with E-state index in [0.717, 1.165) is 36.9 Å². The van der Waals surface area contributed by atoms with Gasteiger partial charge in [-0.25, -0.2) is 8.42 Å². The first kappa shape index (κ1) is 20.7. The molecule has 8 nitrogen and oxygen atoms in total. The molecule has 5 rings (SSSR count). The van der Waals surface area contributed by atoms with Crippen molar-refractivity contribution in [3.8, 4) is 11.4 Å². The maximum Gasteiger partial charge on any atom is 0.316 e. The van der Waals surface area contributed by atoms with Crippen molar-refractivity contribution in [1.29, 1.82) is 0 Å². The summed E-state index contributed by atoms with van der Waals surface area (Å²) in [6.45, 7) is 3.56. The average molecular weight is 453 g/mol. The van der Waals surface area contributed by atoms with Crippen LogP contribution < -0.4 is 4.31 Å². The fourth-order valence-electron chi connectivity index (χ4n) is 4.37. The third-order valence-electron chi connectivity index (χ3n) is 6.08. The van der Waals surface area contributed by atoms with E-state index in [2.05, 4.69) is 10.1 Å². The van der Waals surface area contributed by atoms with Crippen LogP contribution in [0.1, 0.15) is 41.1 Å². The molecule has 1 amide bonds. The second-order valence-corrected chi connectivity index (χ2v) is 10.0. The standard InChI is InChI=1S/C23H24N4O4S/c1-16-10-11-18(21-24-22(31-25-21)23(28)26-12-4-5-13-26)15-20(16)32(29,30)27-14-6-8-17-7-2-3-9-19(17)27/h2-3,7,9-11,15H,4-6,8,12-14H2,1H3. The molecule has 0 radical (unpaired) electrons. The molecule has 1 saturated heterocycles. The number of anilines is 1. The highest BCUT2D eigenvalue weighted by molar-refractivity contribution is 7.92. The van der Waals surface area contributed by atoms with E-state index in [1.54, 1.807) is 30.0 Å². The molecular weight excluding hydrogens is 428 g/mol. The van der Waals surface area contributed by atoms with E-state index in [4.69, 9.17) is 4.52 Å². The van der Waals surface area contributed by atoms with Crippen molar-refractivity contribution in [2.24, 2.45) is 0 Å². The second kappa shape index (κ2) is 8.05. The number of hydrogen-bond acceptors (Lipinski definition) is 6. The van der Waals surface area contributed by atoms with Crippen LogP contribution >= 0.6 is 0 Å². The van der Waals surface area contributed by atoms with Crippen LogP contribution in [0, 0.1) is 6.92 Å². The summed E-state index contributed by atoms with van der Waals surface area (Å²) < 4.78 is 34.0. The summed E-state index contributed by atoms with van der Waals surface area (Å²) >= 11 is 0. The molecule has 1 aromatic heterocycles. The maximum absolute atomic E-state index is 13.6. The van der Waals surface area contributed by atoms with Gasteiger partial charge < -0.3 is 9.42 Å². The van der Waals surface area contributed by atoms with E-state index in [1.807, 2.05) is 24.3 Å². The van der Waals surface area contributed by atoms with Gasteiger partial charge in [-0.2, -0.15) is 4.98 Å². The Bertz CT molecular complexity index is 1280. The summed E-state index contributed by atoms with van der Waals surface area (Å²) in [6, 6.07) is 12.6. The summed E-state index contributed by atoms with van der Waals surface area (Å²) in [5, 5.41) is 3.94. The Labute approximate surface area is 186 Å². The Kier molecular flexibility index (Phi) is 5.21. The van der Waals surface area contributed by atoms with Crippen LogP contribution in [0.2, 0.25) is 0 Å². The third-order valence-corrected chi connectivity index (χ3v) is 8.04. The van der Waals surface area contributed by atoms with Crippen molar-refractivity contribution in [3.63, 3.8) is 0 Å². The third kappa shape index (κ3) is 3.56. The number of likely N-dealkylation sites (tertiary alicyclic amines) is 1. The maximum atomic E-state index is 13.6. The molecule has 2 aliphatic heterocycles. The Balaban J connectivity index is 1.49. The number of rotatable bonds is 4. The predicted octanol–water partition coefficient (Wildman–Crippen LogP) is 3.42. The van der Waals surface area contributed by atoms with Crippen LogP contribution in [0.3, 0.4) is 0 Å². The van der Waals surface area contributed by atoms with E-state index in [-0.39, 0.29) is 22.5 Å². The smallest absolute Gasteiger partial charge is 0.316 e. The number of nitrogens with zero attached hydrogens (tertiary/aromatic N) is 4. The molecule has 0 spiro atoms. The van der Waals surface area contributed by atoms with E-state index < -0.39 is 10.0 Å². The van der Waals surface area contributed by atoms with Crippen molar-refractivity contribution in [2.45, 2.75) is 37.5 Å². The lowest BCUT2D eigenvalue weighted by molar-refractivity contribution is 0.0743. The number of sulfonamides is 1. The van der Waals surface area contributed by atoms with Crippen LogP contribution in [0.4, 0.5) is 5.69 Å². The van der Waals surface area contributed by atoms with Crippen molar-refractivity contribution < 1.29 is 17.7 Å². The Morgan fingerprint density at radius 3 is 2.62 bits per heavy atom. The molecule has 0 bridgehead atoms. The highest BCUT2D eigenvalue weighted by atomic mass is 32.2. The number of para-hydroxylation sites is 1. The van der Waals surface area contributed by atoms with Gasteiger partial charge in [-0.1, -0.05) is 35.5 Å². The van der Waals surface area contributed by atoms with Gasteiger partial charge in [-0.3, -0.25) is 9.10 Å². The molecule has 1 fully saturated rings. The van der Waals surface area contributed by atoms with Gasteiger partial charge in [-0.15, -0.1) is 0 Å². The molecule has 3 aromatic rings. The van der Waals surface area contributed by atoms with E-state index in [1.165, 1.54) is 4.31 Å². The first-order valence-electron chi connectivity index (χ1n) is 10.8. The molecule has 166 valence electrons. The number of fused-ring (bicyclic) bond motifs is 1. The van der Waals surface area contributed by atoms with Crippen molar-refractivity contribution in [3.05, 3.63) is 59.5 Å². The normalized spacial score (nSPS) is 16.3. The number of hydrogen-bond donors (Lipinski definition) is 0. The zero-order valence-corrected chi connectivity index (χ0v) is 18.6. The van der Waals surface area contributed by atoms with Gasteiger partial charge >= 0.3 is 11.8 Å². The number of aromatic nitrogens is 2. The average Bonchev–Trinajstić information content (AvgIpc) is 3.51. The Morgan fingerprint density at radius 2 is 1.81 bits per heavy atom. The lowest BCUT2D eigenvalue weighted by Gasteiger charge is -2.31. The summed E-state index contributed by atoms with van der Waals surface area (Å²) in [7, 11) is -3.79. The zero-order valence-electron chi connectivity index (χ0n) is 17.8. The van der Waals surface area contributed by atoms with Crippen molar-refractivity contribution >= 4 is 21.6 Å². The number of amides is 1. The quantitative estimate of drug-likeness (QED) is 0.602. The highest BCUT2D eigenvalue weighted by Gasteiger charge is 2.31. The fraction of sp³-hybridized carbons (Fsp3) is 0.348. The largest absolute Gasteiger partial charge is 0.334 e. The number of carbonyl (C=O) groups is 1. The van der Waals surface area contributed by atoms with Crippen LogP contribution in [0.15, 0.2) is 51.9 Å².